The Morgan fingerprint density at radius 2 is 1.78 bits per heavy atom. The van der Waals surface area contributed by atoms with Crippen molar-refractivity contribution in [3.05, 3.63) is 29.3 Å². The molecule has 0 N–H and O–H groups in total. The maximum atomic E-state index is 11.6. The number of rotatable bonds is 7. The third-order valence-corrected chi connectivity index (χ3v) is 3.19. The van der Waals surface area contributed by atoms with Crippen molar-refractivity contribution in [1.82, 2.24) is 0 Å². The van der Waals surface area contributed by atoms with E-state index in [-0.39, 0.29) is 5.97 Å². The van der Waals surface area contributed by atoms with Crippen molar-refractivity contribution in [2.24, 2.45) is 0 Å². The van der Waals surface area contributed by atoms with Crippen LogP contribution in [0.5, 0.6) is 5.75 Å². The maximum absolute atomic E-state index is 11.6. The van der Waals surface area contributed by atoms with Crippen molar-refractivity contribution in [2.75, 3.05) is 0 Å². The Hall–Kier alpha value is -1.31. The second-order valence-electron chi connectivity index (χ2n) is 4.88. The van der Waals surface area contributed by atoms with Gasteiger partial charge < -0.3 is 4.74 Å². The monoisotopic (exact) mass is 248 g/mol. The van der Waals surface area contributed by atoms with E-state index in [0.29, 0.717) is 12.2 Å². The highest BCUT2D eigenvalue weighted by molar-refractivity contribution is 5.72. The third kappa shape index (κ3) is 5.35. The minimum absolute atomic E-state index is 0.116. The lowest BCUT2D eigenvalue weighted by Crippen LogP contribution is -2.07. The molecule has 18 heavy (non-hydrogen) atoms. The molecule has 100 valence electrons. The molecule has 0 unspecified atom stereocenters. The Morgan fingerprint density at radius 1 is 1.06 bits per heavy atom. The molecule has 0 amide bonds. The Labute approximate surface area is 110 Å². The summed E-state index contributed by atoms with van der Waals surface area (Å²) in [6, 6.07) is 5.76. The summed E-state index contributed by atoms with van der Waals surface area (Å²) >= 11 is 0. The molecular formula is C16H24O2. The van der Waals surface area contributed by atoms with Crippen LogP contribution in [0.3, 0.4) is 0 Å². The molecule has 0 bridgehead atoms. The van der Waals surface area contributed by atoms with E-state index < -0.39 is 0 Å². The Morgan fingerprint density at radius 3 is 2.44 bits per heavy atom. The van der Waals surface area contributed by atoms with Crippen molar-refractivity contribution < 1.29 is 9.53 Å². The van der Waals surface area contributed by atoms with Crippen LogP contribution < -0.4 is 4.74 Å². The van der Waals surface area contributed by atoms with E-state index in [1.54, 1.807) is 0 Å². The molecule has 2 heteroatoms. The Balaban J connectivity index is 2.29. The van der Waals surface area contributed by atoms with Gasteiger partial charge in [0.1, 0.15) is 5.75 Å². The van der Waals surface area contributed by atoms with Gasteiger partial charge in [0.2, 0.25) is 0 Å². The number of esters is 1. The zero-order valence-corrected chi connectivity index (χ0v) is 11.8. The van der Waals surface area contributed by atoms with Crippen LogP contribution in [-0.2, 0) is 4.79 Å². The van der Waals surface area contributed by atoms with Crippen LogP contribution in [0.25, 0.3) is 0 Å². The van der Waals surface area contributed by atoms with Gasteiger partial charge in [0, 0.05) is 6.42 Å². The average Bonchev–Trinajstić information content (AvgIpc) is 2.34. The number of hydrogen-bond donors (Lipinski definition) is 0. The van der Waals surface area contributed by atoms with Gasteiger partial charge in [-0.2, -0.15) is 0 Å². The van der Waals surface area contributed by atoms with Gasteiger partial charge >= 0.3 is 5.97 Å². The standard InChI is InChI=1S/C16H24O2/c1-4-5-6-7-8-9-16(17)18-15-11-10-13(2)14(3)12-15/h10-12H,4-9H2,1-3H3. The lowest BCUT2D eigenvalue weighted by atomic mass is 10.1. The van der Waals surface area contributed by atoms with E-state index in [0.717, 1.165) is 18.4 Å². The highest BCUT2D eigenvalue weighted by atomic mass is 16.5. The third-order valence-electron chi connectivity index (χ3n) is 3.19. The van der Waals surface area contributed by atoms with Crippen molar-refractivity contribution in [3.8, 4) is 5.75 Å². The molecule has 0 heterocycles. The van der Waals surface area contributed by atoms with Gasteiger partial charge in [0.05, 0.1) is 0 Å². The molecule has 0 spiro atoms. The minimum atomic E-state index is -0.116. The van der Waals surface area contributed by atoms with E-state index >= 15 is 0 Å². The number of hydrogen-bond acceptors (Lipinski definition) is 2. The van der Waals surface area contributed by atoms with Crippen molar-refractivity contribution in [2.45, 2.75) is 59.3 Å². The molecule has 1 rings (SSSR count). The minimum Gasteiger partial charge on any atom is -0.427 e. The van der Waals surface area contributed by atoms with Crippen LogP contribution in [0.1, 0.15) is 56.6 Å². The summed E-state index contributed by atoms with van der Waals surface area (Å²) in [4.78, 5) is 11.6. The van der Waals surface area contributed by atoms with Gasteiger partial charge in [0.25, 0.3) is 0 Å². The molecule has 0 atom stereocenters. The van der Waals surface area contributed by atoms with Crippen LogP contribution >= 0.6 is 0 Å². The van der Waals surface area contributed by atoms with E-state index in [4.69, 9.17) is 4.74 Å². The molecule has 0 saturated carbocycles. The molecule has 0 radical (unpaired) electrons. The molecule has 0 fully saturated rings. The first-order chi connectivity index (χ1) is 8.63. The summed E-state index contributed by atoms with van der Waals surface area (Å²) in [5.74, 6) is 0.548. The van der Waals surface area contributed by atoms with Gasteiger partial charge in [-0.05, 0) is 43.5 Å². The lowest BCUT2D eigenvalue weighted by molar-refractivity contribution is -0.134. The SMILES string of the molecule is CCCCCCCC(=O)Oc1ccc(C)c(C)c1. The van der Waals surface area contributed by atoms with Crippen LogP contribution in [0.2, 0.25) is 0 Å². The number of ether oxygens (including phenoxy) is 1. The molecule has 2 nitrogen and oxygen atoms in total. The summed E-state index contributed by atoms with van der Waals surface area (Å²) < 4.78 is 5.32. The summed E-state index contributed by atoms with van der Waals surface area (Å²) in [5, 5.41) is 0. The second-order valence-corrected chi connectivity index (χ2v) is 4.88. The number of benzene rings is 1. The first-order valence-electron chi connectivity index (χ1n) is 6.91. The van der Waals surface area contributed by atoms with Crippen LogP contribution in [0.4, 0.5) is 0 Å². The molecular weight excluding hydrogens is 224 g/mol. The number of aryl methyl sites for hydroxylation is 2. The molecule has 0 aliphatic carbocycles. The van der Waals surface area contributed by atoms with Gasteiger partial charge in [-0.15, -0.1) is 0 Å². The molecule has 0 saturated heterocycles. The van der Waals surface area contributed by atoms with Gasteiger partial charge in [-0.25, -0.2) is 0 Å². The van der Waals surface area contributed by atoms with Gasteiger partial charge in [-0.1, -0.05) is 38.7 Å². The molecule has 1 aromatic rings. The van der Waals surface area contributed by atoms with E-state index in [1.807, 2.05) is 25.1 Å². The summed E-state index contributed by atoms with van der Waals surface area (Å²) in [5.41, 5.74) is 2.37. The van der Waals surface area contributed by atoms with E-state index in [2.05, 4.69) is 13.8 Å². The van der Waals surface area contributed by atoms with Crippen molar-refractivity contribution in [3.63, 3.8) is 0 Å². The zero-order valence-electron chi connectivity index (χ0n) is 11.8. The van der Waals surface area contributed by atoms with Crippen molar-refractivity contribution in [1.29, 1.82) is 0 Å². The largest absolute Gasteiger partial charge is 0.427 e. The predicted molar refractivity (Wildman–Crippen MR) is 74.9 cm³/mol. The van der Waals surface area contributed by atoms with E-state index in [9.17, 15) is 4.79 Å². The highest BCUT2D eigenvalue weighted by Gasteiger charge is 2.05. The fourth-order valence-electron chi connectivity index (χ4n) is 1.83. The normalized spacial score (nSPS) is 10.4. The lowest BCUT2D eigenvalue weighted by Gasteiger charge is -2.06. The van der Waals surface area contributed by atoms with Gasteiger partial charge in [0.15, 0.2) is 0 Å². The smallest absolute Gasteiger partial charge is 0.311 e. The zero-order chi connectivity index (χ0) is 13.4. The fraction of sp³-hybridized carbons (Fsp3) is 0.562. The summed E-state index contributed by atoms with van der Waals surface area (Å²) in [6.45, 7) is 6.26. The maximum Gasteiger partial charge on any atom is 0.311 e. The average molecular weight is 248 g/mol. The number of carbonyl (C=O) groups is 1. The fourth-order valence-corrected chi connectivity index (χ4v) is 1.83. The van der Waals surface area contributed by atoms with Crippen molar-refractivity contribution >= 4 is 5.97 Å². The Kier molecular flexibility index (Phi) is 6.48. The summed E-state index contributed by atoms with van der Waals surface area (Å²) in [7, 11) is 0. The quantitative estimate of drug-likeness (QED) is 0.401. The molecule has 0 aliphatic rings. The first-order valence-corrected chi connectivity index (χ1v) is 6.91. The predicted octanol–water partition coefficient (Wildman–Crippen LogP) is 4.57. The van der Waals surface area contributed by atoms with Crippen LogP contribution in [0, 0.1) is 13.8 Å². The van der Waals surface area contributed by atoms with Crippen LogP contribution in [-0.4, -0.2) is 5.97 Å². The van der Waals surface area contributed by atoms with E-state index in [1.165, 1.54) is 24.8 Å². The second kappa shape index (κ2) is 7.91. The number of unbranched alkanes of at least 4 members (excludes halogenated alkanes) is 4. The number of carbonyl (C=O) groups excluding carboxylic acids is 1. The van der Waals surface area contributed by atoms with Gasteiger partial charge in [-0.3, -0.25) is 4.79 Å². The molecule has 0 aromatic heterocycles. The summed E-state index contributed by atoms with van der Waals surface area (Å²) in [6.07, 6.45) is 6.28. The van der Waals surface area contributed by atoms with Crippen LogP contribution in [0.15, 0.2) is 18.2 Å². The highest BCUT2D eigenvalue weighted by Crippen LogP contribution is 2.17. The molecule has 1 aromatic carbocycles. The Bertz CT molecular complexity index is 383. The topological polar surface area (TPSA) is 26.3 Å². The molecule has 0 aliphatic heterocycles. The first kappa shape index (κ1) is 14.7.